The van der Waals surface area contributed by atoms with Crippen LogP contribution in [0.1, 0.15) is 102 Å². The molecule has 0 spiro atoms. The van der Waals surface area contributed by atoms with E-state index in [-0.39, 0.29) is 0 Å². The SMILES string of the molecule is CCCCCCCCc1cnn(-c2cccc(-n3cc(CCCCCCCC)cn3)n2)c1. The van der Waals surface area contributed by atoms with E-state index < -0.39 is 0 Å². The number of unbranched alkanes of at least 4 members (excludes halogenated alkanes) is 10. The molecule has 0 aliphatic rings. The molecule has 0 aromatic carbocycles. The molecule has 5 nitrogen and oxygen atoms in total. The number of pyridine rings is 1. The van der Waals surface area contributed by atoms with Crippen molar-refractivity contribution < 1.29 is 0 Å². The van der Waals surface area contributed by atoms with Crippen LogP contribution in [-0.4, -0.2) is 24.5 Å². The first-order valence-corrected chi connectivity index (χ1v) is 12.8. The van der Waals surface area contributed by atoms with Crippen LogP contribution in [0.15, 0.2) is 43.0 Å². The number of aryl methyl sites for hydroxylation is 2. The van der Waals surface area contributed by atoms with Crippen LogP contribution in [0.25, 0.3) is 11.6 Å². The Morgan fingerprint density at radius 3 is 1.50 bits per heavy atom. The molecule has 3 rings (SSSR count). The average Bonchev–Trinajstić information content (AvgIpc) is 3.49. The van der Waals surface area contributed by atoms with Gasteiger partial charge in [0.2, 0.25) is 0 Å². The molecule has 3 heterocycles. The van der Waals surface area contributed by atoms with Crippen molar-refractivity contribution in [1.82, 2.24) is 24.5 Å². The predicted molar refractivity (Wildman–Crippen MR) is 133 cm³/mol. The number of hydrogen-bond acceptors (Lipinski definition) is 3. The molecule has 174 valence electrons. The largest absolute Gasteiger partial charge is 0.222 e. The summed E-state index contributed by atoms with van der Waals surface area (Å²) in [7, 11) is 0. The Bertz CT molecular complexity index is 825. The van der Waals surface area contributed by atoms with E-state index >= 15 is 0 Å². The van der Waals surface area contributed by atoms with Gasteiger partial charge in [0.25, 0.3) is 0 Å². The van der Waals surface area contributed by atoms with Gasteiger partial charge in [-0.1, -0.05) is 84.1 Å². The quantitative estimate of drug-likeness (QED) is 0.222. The fraction of sp³-hybridized carbons (Fsp3) is 0.593. The van der Waals surface area contributed by atoms with Crippen LogP contribution in [0.2, 0.25) is 0 Å². The highest BCUT2D eigenvalue weighted by Gasteiger charge is 2.07. The highest BCUT2D eigenvalue weighted by atomic mass is 15.3. The Hall–Kier alpha value is -2.43. The average molecular weight is 436 g/mol. The lowest BCUT2D eigenvalue weighted by Gasteiger charge is -2.04. The van der Waals surface area contributed by atoms with Gasteiger partial charge < -0.3 is 0 Å². The zero-order valence-electron chi connectivity index (χ0n) is 20.2. The topological polar surface area (TPSA) is 48.5 Å². The first-order valence-electron chi connectivity index (χ1n) is 12.8. The molecule has 0 unspecified atom stereocenters. The third kappa shape index (κ3) is 7.92. The summed E-state index contributed by atoms with van der Waals surface area (Å²) in [5, 5.41) is 9.10. The Morgan fingerprint density at radius 1 is 0.594 bits per heavy atom. The summed E-state index contributed by atoms with van der Waals surface area (Å²) in [6.07, 6.45) is 26.2. The van der Waals surface area contributed by atoms with E-state index in [0.29, 0.717) is 0 Å². The van der Waals surface area contributed by atoms with Crippen LogP contribution >= 0.6 is 0 Å². The van der Waals surface area contributed by atoms with E-state index in [1.165, 1.54) is 88.2 Å². The van der Waals surface area contributed by atoms with Crippen LogP contribution in [0.3, 0.4) is 0 Å². The molecule has 5 heteroatoms. The lowest BCUT2D eigenvalue weighted by atomic mass is 10.1. The second-order valence-electron chi connectivity index (χ2n) is 8.98. The van der Waals surface area contributed by atoms with Crippen molar-refractivity contribution in [2.24, 2.45) is 0 Å². The van der Waals surface area contributed by atoms with Gasteiger partial charge in [0, 0.05) is 12.4 Å². The van der Waals surface area contributed by atoms with Gasteiger partial charge in [-0.2, -0.15) is 10.2 Å². The smallest absolute Gasteiger partial charge is 0.155 e. The van der Waals surface area contributed by atoms with E-state index in [0.717, 1.165) is 24.5 Å². The highest BCUT2D eigenvalue weighted by Crippen LogP contribution is 2.14. The fourth-order valence-electron chi connectivity index (χ4n) is 4.12. The number of aromatic nitrogens is 5. The van der Waals surface area contributed by atoms with Gasteiger partial charge in [0.1, 0.15) is 0 Å². The minimum atomic E-state index is 0.838. The van der Waals surface area contributed by atoms with Gasteiger partial charge in [-0.05, 0) is 48.9 Å². The molecule has 0 aliphatic heterocycles. The van der Waals surface area contributed by atoms with Crippen LogP contribution in [0, 0.1) is 0 Å². The summed E-state index contributed by atoms with van der Waals surface area (Å²) in [6.45, 7) is 4.53. The first kappa shape index (κ1) is 24.2. The van der Waals surface area contributed by atoms with Gasteiger partial charge in [0.05, 0.1) is 12.4 Å². The predicted octanol–water partition coefficient (Wildman–Crippen LogP) is 7.26. The maximum atomic E-state index is 4.80. The Morgan fingerprint density at radius 2 is 1.03 bits per heavy atom. The van der Waals surface area contributed by atoms with Gasteiger partial charge in [-0.3, -0.25) is 0 Å². The van der Waals surface area contributed by atoms with Crippen molar-refractivity contribution in [2.45, 2.75) is 104 Å². The second kappa shape index (κ2) is 13.9. The maximum absolute atomic E-state index is 4.80. The van der Waals surface area contributed by atoms with E-state index in [4.69, 9.17) is 4.98 Å². The van der Waals surface area contributed by atoms with Crippen molar-refractivity contribution in [2.75, 3.05) is 0 Å². The first-order chi connectivity index (χ1) is 15.8. The summed E-state index contributed by atoms with van der Waals surface area (Å²) in [6, 6.07) is 6.04. The van der Waals surface area contributed by atoms with E-state index in [1.807, 2.05) is 40.0 Å². The van der Waals surface area contributed by atoms with Gasteiger partial charge >= 0.3 is 0 Å². The summed E-state index contributed by atoms with van der Waals surface area (Å²) < 4.78 is 3.77. The molecule has 32 heavy (non-hydrogen) atoms. The van der Waals surface area contributed by atoms with Crippen LogP contribution in [0.5, 0.6) is 0 Å². The van der Waals surface area contributed by atoms with Crippen molar-refractivity contribution in [1.29, 1.82) is 0 Å². The van der Waals surface area contributed by atoms with E-state index in [9.17, 15) is 0 Å². The van der Waals surface area contributed by atoms with Crippen molar-refractivity contribution in [3.63, 3.8) is 0 Å². The van der Waals surface area contributed by atoms with Crippen LogP contribution < -0.4 is 0 Å². The monoisotopic (exact) mass is 435 g/mol. The fourth-order valence-corrected chi connectivity index (χ4v) is 4.12. The third-order valence-electron chi connectivity index (χ3n) is 6.10. The van der Waals surface area contributed by atoms with Crippen LogP contribution in [-0.2, 0) is 12.8 Å². The normalized spacial score (nSPS) is 11.3. The van der Waals surface area contributed by atoms with Gasteiger partial charge in [0.15, 0.2) is 11.6 Å². The molecule has 0 bridgehead atoms. The summed E-state index contributed by atoms with van der Waals surface area (Å²) in [5.74, 6) is 1.68. The summed E-state index contributed by atoms with van der Waals surface area (Å²) in [5.41, 5.74) is 2.57. The molecule has 3 aromatic rings. The second-order valence-corrected chi connectivity index (χ2v) is 8.98. The molecule has 3 aromatic heterocycles. The molecular weight excluding hydrogens is 394 g/mol. The standard InChI is InChI=1S/C27H41N5/c1-3-5-7-9-11-13-16-24-20-28-31(22-24)26-18-15-19-27(30-26)32-23-25(21-29-32)17-14-12-10-8-6-4-2/h15,18-23H,3-14,16-17H2,1-2H3. The molecule has 0 atom stereocenters. The van der Waals surface area contributed by atoms with Crippen LogP contribution in [0.4, 0.5) is 0 Å². The summed E-state index contributed by atoms with van der Waals surface area (Å²) in [4.78, 5) is 4.80. The zero-order valence-corrected chi connectivity index (χ0v) is 20.2. The van der Waals surface area contributed by atoms with Crippen molar-refractivity contribution in [3.8, 4) is 11.6 Å². The Balaban J connectivity index is 1.50. The molecular formula is C27H41N5. The van der Waals surface area contributed by atoms with E-state index in [2.05, 4.69) is 36.4 Å². The number of rotatable bonds is 16. The van der Waals surface area contributed by atoms with Crippen molar-refractivity contribution in [3.05, 3.63) is 54.1 Å². The summed E-state index contributed by atoms with van der Waals surface area (Å²) >= 11 is 0. The molecule has 0 radical (unpaired) electrons. The lowest BCUT2D eigenvalue weighted by Crippen LogP contribution is -2.03. The number of hydrogen-bond donors (Lipinski definition) is 0. The van der Waals surface area contributed by atoms with E-state index in [1.54, 1.807) is 0 Å². The Labute approximate surface area is 194 Å². The molecule has 0 N–H and O–H groups in total. The lowest BCUT2D eigenvalue weighted by molar-refractivity contribution is 0.607. The molecule has 0 saturated heterocycles. The molecule has 0 saturated carbocycles. The van der Waals surface area contributed by atoms with Crippen molar-refractivity contribution >= 4 is 0 Å². The minimum absolute atomic E-state index is 0.838. The van der Waals surface area contributed by atoms with Gasteiger partial charge in [-0.15, -0.1) is 0 Å². The number of nitrogens with zero attached hydrogens (tertiary/aromatic N) is 5. The Kier molecular flexibility index (Phi) is 10.5. The highest BCUT2D eigenvalue weighted by molar-refractivity contribution is 5.32. The third-order valence-corrected chi connectivity index (χ3v) is 6.10. The molecule has 0 amide bonds. The van der Waals surface area contributed by atoms with Gasteiger partial charge in [-0.25, -0.2) is 14.3 Å². The zero-order chi connectivity index (χ0) is 22.4. The minimum Gasteiger partial charge on any atom is -0.222 e. The maximum Gasteiger partial charge on any atom is 0.155 e. The molecule has 0 fully saturated rings. The molecule has 0 aliphatic carbocycles.